The van der Waals surface area contributed by atoms with Crippen LogP contribution >= 0.6 is 0 Å². The van der Waals surface area contributed by atoms with Gasteiger partial charge in [-0.05, 0) is 55.7 Å². The van der Waals surface area contributed by atoms with Crippen LogP contribution in [0.1, 0.15) is 39.2 Å². The fourth-order valence-corrected chi connectivity index (χ4v) is 3.25. The molecule has 0 spiro atoms. The number of pyridine rings is 1. The molecular weight excluding hydrogens is 330 g/mol. The van der Waals surface area contributed by atoms with Gasteiger partial charge in [-0.25, -0.2) is 0 Å². The standard InChI is InChI=1S/C24H25N3/c1-16-12-17(2)22(18(3)13-16)14-21-9-7-11-24(27-21)19(4)26-15-20-8-5-6-10-23(20)25/h5-13,15H,4,14,25H2,1-3H3/b26-15-. The quantitative estimate of drug-likeness (QED) is 0.501. The summed E-state index contributed by atoms with van der Waals surface area (Å²) in [5, 5.41) is 0. The number of hydrogen-bond donors (Lipinski definition) is 1. The molecule has 0 bridgehead atoms. The van der Waals surface area contributed by atoms with E-state index in [4.69, 9.17) is 10.7 Å². The molecule has 0 fully saturated rings. The normalized spacial score (nSPS) is 11.1. The van der Waals surface area contributed by atoms with E-state index in [1.54, 1.807) is 6.21 Å². The molecule has 0 atom stereocenters. The second kappa shape index (κ2) is 8.00. The number of nitrogens with zero attached hydrogens (tertiary/aromatic N) is 2. The fourth-order valence-electron chi connectivity index (χ4n) is 3.25. The highest BCUT2D eigenvalue weighted by Crippen LogP contribution is 2.21. The molecule has 1 heterocycles. The molecule has 1 aromatic heterocycles. The number of nitrogens with two attached hydrogens (primary N) is 1. The van der Waals surface area contributed by atoms with Gasteiger partial charge in [0, 0.05) is 29.6 Å². The van der Waals surface area contributed by atoms with Crippen molar-refractivity contribution in [2.24, 2.45) is 4.99 Å². The first kappa shape index (κ1) is 18.6. The number of aromatic nitrogens is 1. The van der Waals surface area contributed by atoms with E-state index in [1.165, 1.54) is 22.3 Å². The molecule has 3 nitrogen and oxygen atoms in total. The van der Waals surface area contributed by atoms with E-state index in [0.29, 0.717) is 11.4 Å². The van der Waals surface area contributed by atoms with E-state index in [0.717, 1.165) is 23.4 Å². The molecule has 0 amide bonds. The third-order valence-electron chi connectivity index (χ3n) is 4.66. The van der Waals surface area contributed by atoms with Crippen LogP contribution in [-0.2, 0) is 6.42 Å². The van der Waals surface area contributed by atoms with Gasteiger partial charge in [0.25, 0.3) is 0 Å². The van der Waals surface area contributed by atoms with Gasteiger partial charge in [-0.1, -0.05) is 48.5 Å². The second-order valence-electron chi connectivity index (χ2n) is 6.90. The van der Waals surface area contributed by atoms with Crippen LogP contribution in [0, 0.1) is 20.8 Å². The summed E-state index contributed by atoms with van der Waals surface area (Å²) in [5.41, 5.74) is 15.2. The summed E-state index contributed by atoms with van der Waals surface area (Å²) in [6.45, 7) is 10.5. The minimum Gasteiger partial charge on any atom is -0.398 e. The zero-order valence-corrected chi connectivity index (χ0v) is 16.2. The second-order valence-corrected chi connectivity index (χ2v) is 6.90. The van der Waals surface area contributed by atoms with Gasteiger partial charge in [0.2, 0.25) is 0 Å². The first-order valence-corrected chi connectivity index (χ1v) is 9.04. The molecule has 2 N–H and O–H groups in total. The van der Waals surface area contributed by atoms with Crippen molar-refractivity contribution in [1.82, 2.24) is 4.98 Å². The summed E-state index contributed by atoms with van der Waals surface area (Å²) in [6.07, 6.45) is 2.54. The van der Waals surface area contributed by atoms with Crippen molar-refractivity contribution in [3.63, 3.8) is 0 Å². The topological polar surface area (TPSA) is 51.3 Å². The lowest BCUT2D eigenvalue weighted by Gasteiger charge is -2.12. The van der Waals surface area contributed by atoms with Crippen molar-refractivity contribution >= 4 is 17.6 Å². The lowest BCUT2D eigenvalue weighted by atomic mass is 9.96. The van der Waals surface area contributed by atoms with Crippen LogP contribution in [0.2, 0.25) is 0 Å². The number of anilines is 1. The van der Waals surface area contributed by atoms with Gasteiger partial charge in [0.15, 0.2) is 0 Å². The maximum atomic E-state index is 5.96. The van der Waals surface area contributed by atoms with E-state index in [2.05, 4.69) is 50.5 Å². The van der Waals surface area contributed by atoms with Crippen LogP contribution in [-0.4, -0.2) is 11.2 Å². The third-order valence-corrected chi connectivity index (χ3v) is 4.66. The number of hydrogen-bond acceptors (Lipinski definition) is 3. The van der Waals surface area contributed by atoms with Crippen LogP contribution in [0.4, 0.5) is 5.69 Å². The largest absolute Gasteiger partial charge is 0.398 e. The minimum atomic E-state index is 0.623. The van der Waals surface area contributed by atoms with Crippen LogP contribution in [0.25, 0.3) is 5.70 Å². The SMILES string of the molecule is C=C(/N=C\c1ccccc1N)c1cccc(Cc2c(C)cc(C)cc2C)n1. The number of benzene rings is 2. The van der Waals surface area contributed by atoms with Gasteiger partial charge in [-0.2, -0.15) is 0 Å². The Hall–Kier alpha value is -3.20. The van der Waals surface area contributed by atoms with Crippen molar-refractivity contribution in [1.29, 1.82) is 0 Å². The first-order valence-electron chi connectivity index (χ1n) is 9.04. The van der Waals surface area contributed by atoms with Gasteiger partial charge in [-0.3, -0.25) is 9.98 Å². The van der Waals surface area contributed by atoms with E-state index in [9.17, 15) is 0 Å². The zero-order valence-electron chi connectivity index (χ0n) is 16.2. The molecule has 0 aliphatic rings. The third kappa shape index (κ3) is 4.50. The highest BCUT2D eigenvalue weighted by Gasteiger charge is 2.08. The molecule has 3 aromatic rings. The van der Waals surface area contributed by atoms with Crippen molar-refractivity contribution < 1.29 is 0 Å². The molecular formula is C24H25N3. The maximum Gasteiger partial charge on any atom is 0.0883 e. The number of para-hydroxylation sites is 1. The summed E-state index contributed by atoms with van der Waals surface area (Å²) in [7, 11) is 0. The summed E-state index contributed by atoms with van der Waals surface area (Å²) in [4.78, 5) is 9.22. The van der Waals surface area contributed by atoms with Crippen molar-refractivity contribution in [3.8, 4) is 0 Å². The lowest BCUT2D eigenvalue weighted by molar-refractivity contribution is 1.03. The van der Waals surface area contributed by atoms with E-state index >= 15 is 0 Å². The van der Waals surface area contributed by atoms with Crippen LogP contribution in [0.15, 0.2) is 66.2 Å². The number of aryl methyl sites for hydroxylation is 3. The molecule has 27 heavy (non-hydrogen) atoms. The lowest BCUT2D eigenvalue weighted by Crippen LogP contribution is -2.00. The molecule has 3 heteroatoms. The van der Waals surface area contributed by atoms with Gasteiger partial charge in [-0.15, -0.1) is 0 Å². The minimum absolute atomic E-state index is 0.623. The van der Waals surface area contributed by atoms with Gasteiger partial charge in [0.1, 0.15) is 0 Å². The van der Waals surface area contributed by atoms with Gasteiger partial charge >= 0.3 is 0 Å². The monoisotopic (exact) mass is 355 g/mol. The molecule has 0 aliphatic carbocycles. The molecule has 0 saturated heterocycles. The van der Waals surface area contributed by atoms with Crippen molar-refractivity contribution in [2.75, 3.05) is 5.73 Å². The Labute approximate surface area is 161 Å². The van der Waals surface area contributed by atoms with E-state index < -0.39 is 0 Å². The van der Waals surface area contributed by atoms with Crippen LogP contribution in [0.3, 0.4) is 0 Å². The Morgan fingerprint density at radius 3 is 2.44 bits per heavy atom. The Morgan fingerprint density at radius 2 is 1.74 bits per heavy atom. The number of rotatable bonds is 5. The first-order chi connectivity index (χ1) is 12.9. The molecule has 0 radical (unpaired) electrons. The van der Waals surface area contributed by atoms with Crippen molar-refractivity contribution in [3.05, 3.63) is 100 Å². The zero-order chi connectivity index (χ0) is 19.4. The van der Waals surface area contributed by atoms with Gasteiger partial charge in [0.05, 0.1) is 11.4 Å². The van der Waals surface area contributed by atoms with Crippen molar-refractivity contribution in [2.45, 2.75) is 27.2 Å². The molecule has 3 rings (SSSR count). The highest BCUT2D eigenvalue weighted by molar-refractivity contribution is 5.89. The summed E-state index contributed by atoms with van der Waals surface area (Å²) < 4.78 is 0. The predicted octanol–water partition coefficient (Wildman–Crippen LogP) is 5.27. The summed E-state index contributed by atoms with van der Waals surface area (Å²) >= 11 is 0. The average molecular weight is 355 g/mol. The summed E-state index contributed by atoms with van der Waals surface area (Å²) in [5.74, 6) is 0. The van der Waals surface area contributed by atoms with Crippen LogP contribution < -0.4 is 5.73 Å². The smallest absolute Gasteiger partial charge is 0.0883 e. The maximum absolute atomic E-state index is 5.96. The highest BCUT2D eigenvalue weighted by atomic mass is 14.8. The number of aliphatic imine (C=N–C) groups is 1. The number of nitrogen functional groups attached to an aromatic ring is 1. The molecule has 0 aliphatic heterocycles. The van der Waals surface area contributed by atoms with Gasteiger partial charge < -0.3 is 5.73 Å². The fraction of sp³-hybridized carbons (Fsp3) is 0.167. The molecule has 136 valence electrons. The Kier molecular flexibility index (Phi) is 5.51. The molecule has 2 aromatic carbocycles. The van der Waals surface area contributed by atoms with E-state index in [1.807, 2.05) is 36.4 Å². The molecule has 0 unspecified atom stereocenters. The Bertz CT molecular complexity index is 993. The Balaban J connectivity index is 1.82. The molecule has 0 saturated carbocycles. The van der Waals surface area contributed by atoms with Crippen LogP contribution in [0.5, 0.6) is 0 Å². The average Bonchev–Trinajstić information content (AvgIpc) is 2.64. The summed E-state index contributed by atoms with van der Waals surface area (Å²) in [6, 6.07) is 18.1. The van der Waals surface area contributed by atoms with E-state index in [-0.39, 0.29) is 0 Å². The predicted molar refractivity (Wildman–Crippen MR) is 115 cm³/mol. The Morgan fingerprint density at radius 1 is 1.04 bits per heavy atom.